The number of nitrogens with one attached hydrogen (secondary N) is 1. The van der Waals surface area contributed by atoms with Crippen LogP contribution in [0.4, 0.5) is 23.0 Å². The lowest BCUT2D eigenvalue weighted by Gasteiger charge is -2.29. The minimum atomic E-state index is -0.328. The second kappa shape index (κ2) is 8.00. The Balaban J connectivity index is 1.43. The summed E-state index contributed by atoms with van der Waals surface area (Å²) in [6.07, 6.45) is 6.62. The monoisotopic (exact) mass is 467 g/mol. The predicted octanol–water partition coefficient (Wildman–Crippen LogP) is 5.16. The van der Waals surface area contributed by atoms with Gasteiger partial charge in [-0.1, -0.05) is 41.4 Å². The van der Waals surface area contributed by atoms with Gasteiger partial charge < -0.3 is 15.0 Å². The van der Waals surface area contributed by atoms with E-state index in [2.05, 4.69) is 44.5 Å². The van der Waals surface area contributed by atoms with Crippen molar-refractivity contribution in [1.82, 2.24) is 9.97 Å². The number of ether oxygens (including phenoxy) is 1. The molecule has 0 atom stereocenters. The van der Waals surface area contributed by atoms with Crippen molar-refractivity contribution in [2.75, 3.05) is 35.9 Å². The van der Waals surface area contributed by atoms with Gasteiger partial charge in [-0.15, -0.1) is 0 Å². The Labute approximate surface area is 195 Å². The van der Waals surface area contributed by atoms with Crippen molar-refractivity contribution in [2.45, 2.75) is 6.42 Å². The highest BCUT2D eigenvalue weighted by molar-refractivity contribution is 6.40. The molecule has 2 heterocycles. The fraction of sp³-hybridized carbons (Fsp3) is 0.174. The molecule has 162 valence electrons. The molecule has 1 aliphatic carbocycles. The molecular weight excluding hydrogens is 449 g/mol. The quantitative estimate of drug-likeness (QED) is 0.571. The Bertz CT molecular complexity index is 1260. The molecule has 0 unspecified atom stereocenters. The number of nitrogens with zero attached hydrogens (tertiary/aromatic N) is 4. The Morgan fingerprint density at radius 3 is 2.72 bits per heavy atom. The molecule has 0 bridgehead atoms. The summed E-state index contributed by atoms with van der Waals surface area (Å²) >= 11 is 12.5. The Morgan fingerprint density at radius 1 is 1.19 bits per heavy atom. The number of fused-ring (bicyclic) bond motifs is 2. The van der Waals surface area contributed by atoms with Crippen LogP contribution in [0.1, 0.15) is 21.5 Å². The van der Waals surface area contributed by atoms with Gasteiger partial charge in [-0.25, -0.2) is 4.98 Å². The van der Waals surface area contributed by atoms with Crippen LogP contribution in [0.25, 0.3) is 6.08 Å². The zero-order valence-corrected chi connectivity index (χ0v) is 18.9. The summed E-state index contributed by atoms with van der Waals surface area (Å²) in [5.41, 5.74) is 5.08. The van der Waals surface area contributed by atoms with E-state index >= 15 is 0 Å². The number of hydrogen-bond acceptors (Lipinski definition) is 6. The molecule has 2 aliphatic rings. The molecular formula is C23H19Cl2N5O2. The molecule has 1 aliphatic heterocycles. The number of amides is 1. The minimum absolute atomic E-state index is 0.0554. The van der Waals surface area contributed by atoms with Crippen molar-refractivity contribution in [2.24, 2.45) is 0 Å². The summed E-state index contributed by atoms with van der Waals surface area (Å²) in [7, 11) is 4.03. The molecule has 0 spiro atoms. The first-order chi connectivity index (χ1) is 15.4. The molecule has 1 N–H and O–H groups in total. The number of halogens is 2. The van der Waals surface area contributed by atoms with Crippen LogP contribution in [0.2, 0.25) is 10.0 Å². The molecule has 0 fully saturated rings. The number of carbonyl (C=O) groups excluding carboxylic acids is 1. The predicted molar refractivity (Wildman–Crippen MR) is 128 cm³/mol. The van der Waals surface area contributed by atoms with Crippen LogP contribution in [0, 0.1) is 0 Å². The van der Waals surface area contributed by atoms with E-state index in [9.17, 15) is 4.79 Å². The van der Waals surface area contributed by atoms with Crippen LogP contribution >= 0.6 is 23.2 Å². The van der Waals surface area contributed by atoms with Gasteiger partial charge >= 0.3 is 0 Å². The van der Waals surface area contributed by atoms with Gasteiger partial charge in [-0.2, -0.15) is 4.98 Å². The maximum absolute atomic E-state index is 13.1. The molecule has 5 rings (SSSR count). The van der Waals surface area contributed by atoms with Crippen LogP contribution in [0.5, 0.6) is 5.88 Å². The lowest BCUT2D eigenvalue weighted by Crippen LogP contribution is -2.39. The Morgan fingerprint density at radius 2 is 1.97 bits per heavy atom. The van der Waals surface area contributed by atoms with E-state index in [0.29, 0.717) is 21.7 Å². The van der Waals surface area contributed by atoms with Crippen LogP contribution in [0.3, 0.4) is 0 Å². The molecule has 0 saturated heterocycles. The molecule has 1 amide bonds. The maximum Gasteiger partial charge on any atom is 0.268 e. The molecule has 0 saturated carbocycles. The molecule has 9 heteroatoms. The summed E-state index contributed by atoms with van der Waals surface area (Å²) in [4.78, 5) is 25.3. The summed E-state index contributed by atoms with van der Waals surface area (Å²) in [6, 6.07) is 9.17. The van der Waals surface area contributed by atoms with E-state index in [-0.39, 0.29) is 24.1 Å². The third-order valence-corrected chi connectivity index (χ3v) is 6.00. The zero-order chi connectivity index (χ0) is 22.4. The molecule has 0 radical (unpaired) electrons. The summed E-state index contributed by atoms with van der Waals surface area (Å²) < 4.78 is 5.76. The number of benzene rings is 2. The number of carbonyl (C=O) groups is 1. The summed E-state index contributed by atoms with van der Waals surface area (Å²) in [6.45, 7) is -0.0554. The van der Waals surface area contributed by atoms with E-state index < -0.39 is 0 Å². The van der Waals surface area contributed by atoms with Gasteiger partial charge in [-0.3, -0.25) is 9.69 Å². The van der Waals surface area contributed by atoms with Crippen molar-refractivity contribution < 1.29 is 9.53 Å². The first kappa shape index (κ1) is 20.6. The standard InChI is InChI=1S/C23H19Cl2N5O2/c1-29(2)19-10-14(9-13-5-3-6-15(13)19)27-23-26-11-16-21(28-23)32-12-30(22(16)31)20-17(24)7-4-8-18(20)25/h3-5,7-11H,6,12H2,1-2H3,(H,26,27,28). The first-order valence-electron chi connectivity index (χ1n) is 9.96. The number of allylic oxidation sites excluding steroid dienone is 1. The third-order valence-electron chi connectivity index (χ3n) is 5.39. The van der Waals surface area contributed by atoms with Gasteiger partial charge in [0.05, 0.1) is 15.7 Å². The summed E-state index contributed by atoms with van der Waals surface area (Å²) in [5.74, 6) is 0.221. The van der Waals surface area contributed by atoms with Crippen LogP contribution in [0.15, 0.2) is 42.6 Å². The van der Waals surface area contributed by atoms with Gasteiger partial charge in [0.25, 0.3) is 5.91 Å². The normalized spacial score (nSPS) is 14.1. The van der Waals surface area contributed by atoms with Gasteiger partial charge in [0.1, 0.15) is 5.56 Å². The molecule has 32 heavy (non-hydrogen) atoms. The molecule has 3 aromatic rings. The largest absolute Gasteiger partial charge is 0.455 e. The van der Waals surface area contributed by atoms with E-state index in [1.165, 1.54) is 16.7 Å². The highest BCUT2D eigenvalue weighted by atomic mass is 35.5. The smallest absolute Gasteiger partial charge is 0.268 e. The van der Waals surface area contributed by atoms with Crippen molar-refractivity contribution in [1.29, 1.82) is 0 Å². The van der Waals surface area contributed by atoms with Gasteiger partial charge in [0.2, 0.25) is 11.8 Å². The highest BCUT2D eigenvalue weighted by Crippen LogP contribution is 2.37. The number of aromatic nitrogens is 2. The SMILES string of the molecule is CN(C)c1cc(Nc2ncc3c(n2)OCN(c2c(Cl)cccc2Cl)C3=O)cc2c1CC=C2. The second-order valence-corrected chi connectivity index (χ2v) is 8.49. The molecule has 7 nitrogen and oxygen atoms in total. The number of rotatable bonds is 4. The van der Waals surface area contributed by atoms with Gasteiger partial charge in [0.15, 0.2) is 6.73 Å². The fourth-order valence-corrected chi connectivity index (χ4v) is 4.48. The average Bonchev–Trinajstić information content (AvgIpc) is 3.23. The number of hydrogen-bond donors (Lipinski definition) is 1. The van der Waals surface area contributed by atoms with Crippen molar-refractivity contribution in [3.05, 3.63) is 69.3 Å². The van der Waals surface area contributed by atoms with Crippen LogP contribution in [-0.2, 0) is 6.42 Å². The van der Waals surface area contributed by atoms with Gasteiger partial charge in [-0.05, 0) is 41.8 Å². The van der Waals surface area contributed by atoms with Crippen LogP contribution in [-0.4, -0.2) is 36.7 Å². The highest BCUT2D eigenvalue weighted by Gasteiger charge is 2.31. The average molecular weight is 468 g/mol. The van der Waals surface area contributed by atoms with E-state index in [4.69, 9.17) is 27.9 Å². The van der Waals surface area contributed by atoms with Crippen molar-refractivity contribution in [3.8, 4) is 5.88 Å². The topological polar surface area (TPSA) is 70.6 Å². The second-order valence-electron chi connectivity index (χ2n) is 7.68. The maximum atomic E-state index is 13.1. The zero-order valence-electron chi connectivity index (χ0n) is 17.4. The Hall–Kier alpha value is -3.29. The van der Waals surface area contributed by atoms with Gasteiger partial charge in [0, 0.05) is 31.7 Å². The van der Waals surface area contributed by atoms with Crippen molar-refractivity contribution >= 4 is 58.2 Å². The minimum Gasteiger partial charge on any atom is -0.455 e. The number of anilines is 4. The lowest BCUT2D eigenvalue weighted by atomic mass is 10.1. The van der Waals surface area contributed by atoms with E-state index in [0.717, 1.165) is 23.4 Å². The van der Waals surface area contributed by atoms with E-state index in [1.54, 1.807) is 18.2 Å². The Kier molecular flexibility index (Phi) is 5.15. The first-order valence-corrected chi connectivity index (χ1v) is 10.7. The molecule has 1 aromatic heterocycles. The molecule has 2 aromatic carbocycles. The van der Waals surface area contributed by atoms with E-state index in [1.807, 2.05) is 14.1 Å². The third kappa shape index (κ3) is 3.53. The number of para-hydroxylation sites is 1. The fourth-order valence-electron chi connectivity index (χ4n) is 3.88. The lowest BCUT2D eigenvalue weighted by molar-refractivity contribution is 0.0932. The van der Waals surface area contributed by atoms with Crippen LogP contribution < -0.4 is 19.9 Å². The summed E-state index contributed by atoms with van der Waals surface area (Å²) in [5, 5.41) is 3.95. The van der Waals surface area contributed by atoms with Crippen molar-refractivity contribution in [3.63, 3.8) is 0 Å².